The average Bonchev–Trinajstić information content (AvgIpc) is 2.26. The molecular weight excluding hydrogens is 216 g/mol. The molecule has 0 radical (unpaired) electrons. The van der Waals surface area contributed by atoms with Crippen molar-refractivity contribution in [3.8, 4) is 6.07 Å². The maximum Gasteiger partial charge on any atom is 0.314 e. The molecule has 4 nitrogen and oxygen atoms in total. The molecule has 0 bridgehead atoms. The number of carbonyl (C=O) groups is 1. The molecule has 1 unspecified atom stereocenters. The van der Waals surface area contributed by atoms with Crippen LogP contribution in [0.2, 0.25) is 5.15 Å². The Hall–Kier alpha value is -1.60. The van der Waals surface area contributed by atoms with Gasteiger partial charge in [-0.1, -0.05) is 17.7 Å². The number of nitrogens with zero attached hydrogens (tertiary/aromatic N) is 2. The zero-order valence-electron chi connectivity index (χ0n) is 8.11. The molecule has 1 aromatic rings. The zero-order chi connectivity index (χ0) is 11.3. The van der Waals surface area contributed by atoms with Crippen LogP contribution in [0.25, 0.3) is 0 Å². The van der Waals surface area contributed by atoms with Crippen LogP contribution in [0.1, 0.15) is 17.9 Å². The Morgan fingerprint density at radius 2 is 2.47 bits per heavy atom. The summed E-state index contributed by atoms with van der Waals surface area (Å²) in [5.74, 6) is -1.04. The third-order valence-electron chi connectivity index (χ3n) is 1.93. The summed E-state index contributed by atoms with van der Waals surface area (Å²) >= 11 is 5.61. The lowest BCUT2D eigenvalue weighted by Gasteiger charge is -2.10. The summed E-state index contributed by atoms with van der Waals surface area (Å²) in [6.45, 7) is 0. The first-order chi connectivity index (χ1) is 7.19. The van der Waals surface area contributed by atoms with Gasteiger partial charge in [0.05, 0.1) is 25.5 Å². The maximum absolute atomic E-state index is 11.4. The summed E-state index contributed by atoms with van der Waals surface area (Å²) in [5, 5.41) is 8.94. The Bertz CT molecular complexity index is 383. The van der Waals surface area contributed by atoms with Gasteiger partial charge in [0.1, 0.15) is 5.15 Å². The molecule has 1 atom stereocenters. The minimum atomic E-state index is -0.593. The molecule has 0 amide bonds. The number of halogens is 1. The van der Waals surface area contributed by atoms with Gasteiger partial charge in [-0.05, 0) is 11.6 Å². The fourth-order valence-electron chi connectivity index (χ4n) is 1.16. The lowest BCUT2D eigenvalue weighted by atomic mass is 9.98. The van der Waals surface area contributed by atoms with E-state index in [1.54, 1.807) is 12.1 Å². The molecule has 1 heterocycles. The van der Waals surface area contributed by atoms with Crippen LogP contribution in [-0.4, -0.2) is 18.1 Å². The van der Waals surface area contributed by atoms with E-state index in [4.69, 9.17) is 16.9 Å². The molecule has 0 saturated carbocycles. The average molecular weight is 225 g/mol. The summed E-state index contributed by atoms with van der Waals surface area (Å²) < 4.78 is 4.60. The normalized spacial score (nSPS) is 11.5. The van der Waals surface area contributed by atoms with Gasteiger partial charge in [0, 0.05) is 6.20 Å². The number of nitriles is 1. The highest BCUT2D eigenvalue weighted by Crippen LogP contribution is 2.20. The van der Waals surface area contributed by atoms with Crippen LogP contribution in [0.15, 0.2) is 18.3 Å². The third-order valence-corrected chi connectivity index (χ3v) is 2.16. The molecule has 0 N–H and O–H groups in total. The van der Waals surface area contributed by atoms with Crippen LogP contribution in [0, 0.1) is 11.3 Å². The van der Waals surface area contributed by atoms with Crippen molar-refractivity contribution in [1.82, 2.24) is 4.98 Å². The molecule has 0 aromatic carbocycles. The monoisotopic (exact) mass is 224 g/mol. The van der Waals surface area contributed by atoms with E-state index in [0.29, 0.717) is 10.7 Å². The molecule has 0 aliphatic carbocycles. The van der Waals surface area contributed by atoms with Crippen LogP contribution < -0.4 is 0 Å². The number of hydrogen-bond acceptors (Lipinski definition) is 4. The van der Waals surface area contributed by atoms with Crippen molar-refractivity contribution < 1.29 is 9.53 Å². The number of hydrogen-bond donors (Lipinski definition) is 0. The largest absolute Gasteiger partial charge is 0.469 e. The predicted octanol–water partition coefficient (Wildman–Crippen LogP) is 1.91. The highest BCUT2D eigenvalue weighted by atomic mass is 35.5. The van der Waals surface area contributed by atoms with Gasteiger partial charge in [-0.25, -0.2) is 4.98 Å². The molecule has 0 aliphatic rings. The molecule has 1 rings (SSSR count). The quantitative estimate of drug-likeness (QED) is 0.581. The van der Waals surface area contributed by atoms with E-state index in [2.05, 4.69) is 9.72 Å². The first-order valence-electron chi connectivity index (χ1n) is 4.25. The summed E-state index contributed by atoms with van der Waals surface area (Å²) in [6, 6.07) is 5.17. The van der Waals surface area contributed by atoms with E-state index < -0.39 is 11.9 Å². The highest BCUT2D eigenvalue weighted by Gasteiger charge is 2.21. The van der Waals surface area contributed by atoms with E-state index in [-0.39, 0.29) is 6.42 Å². The Morgan fingerprint density at radius 3 is 2.93 bits per heavy atom. The molecule has 1 aromatic heterocycles. The second-order valence-electron chi connectivity index (χ2n) is 2.85. The van der Waals surface area contributed by atoms with E-state index in [1.807, 2.05) is 6.07 Å². The van der Waals surface area contributed by atoms with E-state index in [0.717, 1.165) is 0 Å². The van der Waals surface area contributed by atoms with Crippen molar-refractivity contribution in [3.63, 3.8) is 0 Å². The van der Waals surface area contributed by atoms with Crippen LogP contribution in [0.4, 0.5) is 0 Å². The minimum Gasteiger partial charge on any atom is -0.469 e. The number of rotatable bonds is 3. The van der Waals surface area contributed by atoms with Crippen molar-refractivity contribution in [2.45, 2.75) is 12.3 Å². The predicted molar refractivity (Wildman–Crippen MR) is 54.2 cm³/mol. The fraction of sp³-hybridized carbons (Fsp3) is 0.300. The number of pyridine rings is 1. The van der Waals surface area contributed by atoms with Crippen molar-refractivity contribution in [2.24, 2.45) is 0 Å². The van der Waals surface area contributed by atoms with Crippen molar-refractivity contribution >= 4 is 17.6 Å². The molecular formula is C10H9ClN2O2. The lowest BCUT2D eigenvalue weighted by Crippen LogP contribution is -2.14. The van der Waals surface area contributed by atoms with Crippen LogP contribution in [0.5, 0.6) is 0 Å². The lowest BCUT2D eigenvalue weighted by molar-refractivity contribution is -0.142. The Labute approximate surface area is 92.4 Å². The molecule has 0 spiro atoms. The van der Waals surface area contributed by atoms with Gasteiger partial charge >= 0.3 is 5.97 Å². The minimum absolute atomic E-state index is 0.0655. The van der Waals surface area contributed by atoms with Gasteiger partial charge in [0.2, 0.25) is 0 Å². The summed E-state index contributed by atoms with van der Waals surface area (Å²) in [6.07, 6.45) is 1.54. The zero-order valence-corrected chi connectivity index (χ0v) is 8.86. The van der Waals surface area contributed by atoms with Gasteiger partial charge < -0.3 is 4.74 Å². The second kappa shape index (κ2) is 5.32. The number of methoxy groups -OCH3 is 1. The fourth-order valence-corrected chi connectivity index (χ4v) is 1.28. The SMILES string of the molecule is COC(=O)C(CC#N)c1ccc(Cl)nc1. The molecule has 0 saturated heterocycles. The van der Waals surface area contributed by atoms with Crippen molar-refractivity contribution in [3.05, 3.63) is 29.0 Å². The Morgan fingerprint density at radius 1 is 1.73 bits per heavy atom. The van der Waals surface area contributed by atoms with Gasteiger partial charge in [-0.2, -0.15) is 5.26 Å². The summed E-state index contributed by atoms with van der Waals surface area (Å²) in [5.41, 5.74) is 0.632. The smallest absolute Gasteiger partial charge is 0.314 e. The first kappa shape index (κ1) is 11.5. The maximum atomic E-state index is 11.4. The Kier molecular flexibility index (Phi) is 4.07. The van der Waals surface area contributed by atoms with Crippen LogP contribution in [0.3, 0.4) is 0 Å². The van der Waals surface area contributed by atoms with Gasteiger partial charge in [-0.15, -0.1) is 0 Å². The van der Waals surface area contributed by atoms with E-state index in [9.17, 15) is 4.79 Å². The van der Waals surface area contributed by atoms with Crippen LogP contribution >= 0.6 is 11.6 Å². The molecule has 5 heteroatoms. The highest BCUT2D eigenvalue weighted by molar-refractivity contribution is 6.29. The van der Waals surface area contributed by atoms with Crippen LogP contribution in [-0.2, 0) is 9.53 Å². The summed E-state index contributed by atoms with van der Waals surface area (Å²) in [4.78, 5) is 15.2. The molecule has 0 aliphatic heterocycles. The van der Waals surface area contributed by atoms with Gasteiger partial charge in [0.25, 0.3) is 0 Å². The van der Waals surface area contributed by atoms with E-state index in [1.165, 1.54) is 13.3 Å². The number of ether oxygens (including phenoxy) is 1. The second-order valence-corrected chi connectivity index (χ2v) is 3.24. The topological polar surface area (TPSA) is 63.0 Å². The number of carbonyl (C=O) groups excluding carboxylic acids is 1. The van der Waals surface area contributed by atoms with Crippen molar-refractivity contribution in [2.75, 3.05) is 7.11 Å². The summed E-state index contributed by atoms with van der Waals surface area (Å²) in [7, 11) is 1.29. The van der Waals surface area contributed by atoms with Gasteiger partial charge in [-0.3, -0.25) is 4.79 Å². The number of esters is 1. The third kappa shape index (κ3) is 2.93. The van der Waals surface area contributed by atoms with E-state index >= 15 is 0 Å². The van der Waals surface area contributed by atoms with Gasteiger partial charge in [0.15, 0.2) is 0 Å². The molecule has 0 fully saturated rings. The number of aromatic nitrogens is 1. The Balaban J connectivity index is 2.94. The first-order valence-corrected chi connectivity index (χ1v) is 4.63. The molecule has 15 heavy (non-hydrogen) atoms. The standard InChI is InChI=1S/C10H9ClN2O2/c1-15-10(14)8(4-5-12)7-2-3-9(11)13-6-7/h2-3,6,8H,4H2,1H3. The molecule has 78 valence electrons. The van der Waals surface area contributed by atoms with Crippen molar-refractivity contribution in [1.29, 1.82) is 5.26 Å².